The molecule has 0 fully saturated rings. The van der Waals surface area contributed by atoms with E-state index in [-0.39, 0.29) is 35.4 Å². The normalized spacial score (nSPS) is 10.9. The van der Waals surface area contributed by atoms with E-state index >= 15 is 0 Å². The maximum Gasteiger partial charge on any atom is 0.338 e. The highest BCUT2D eigenvalue weighted by Crippen LogP contribution is 2.24. The molecule has 0 aliphatic carbocycles. The van der Waals surface area contributed by atoms with E-state index in [1.54, 1.807) is 48.5 Å². The second-order valence-electron chi connectivity index (χ2n) is 15.1. The summed E-state index contributed by atoms with van der Waals surface area (Å²) in [6.07, 6.45) is 15.7. The summed E-state index contributed by atoms with van der Waals surface area (Å²) in [6.45, 7) is 1.54. The minimum Gasteiger partial charge on any atom is -0.508 e. The molecule has 0 atom stereocenters. The number of hydrogen-bond donors (Lipinski definition) is 2. The van der Waals surface area contributed by atoms with Gasteiger partial charge in [0, 0.05) is 12.8 Å². The smallest absolute Gasteiger partial charge is 0.338 e. The number of phenols is 2. The fourth-order valence-electron chi connectivity index (χ4n) is 6.63. The lowest BCUT2D eigenvalue weighted by Gasteiger charge is -2.07. The summed E-state index contributed by atoms with van der Waals surface area (Å²) in [7, 11) is 0. The van der Waals surface area contributed by atoms with Gasteiger partial charge in [0.25, 0.3) is 0 Å². The molecule has 0 aliphatic heterocycles. The molecule has 4 aromatic carbocycles. The minimum absolute atomic E-state index is 0.141. The van der Waals surface area contributed by atoms with Crippen LogP contribution in [0.1, 0.15) is 136 Å². The number of carbonyl (C=O) groups excluding carboxylic acids is 4. The first-order valence-corrected chi connectivity index (χ1v) is 21.7. The van der Waals surface area contributed by atoms with Crippen molar-refractivity contribution in [2.24, 2.45) is 0 Å². The quantitative estimate of drug-likeness (QED) is 0.0308. The third kappa shape index (κ3) is 19.0. The van der Waals surface area contributed by atoms with Crippen LogP contribution < -0.4 is 0 Å². The van der Waals surface area contributed by atoms with Crippen molar-refractivity contribution < 1.29 is 48.3 Å². The SMILES string of the molecule is O=C(CCCCCCCCCCC(=O)OCCCCCCOC(=O)c1ccc(-c2ccc(O)cc2)cc1)OCCCCCCOC(=O)c1ccc(-c2ccc(O)cc2)cc1. The van der Waals surface area contributed by atoms with E-state index in [9.17, 15) is 29.4 Å². The Morgan fingerprint density at radius 3 is 0.883 bits per heavy atom. The van der Waals surface area contributed by atoms with Gasteiger partial charge in [-0.1, -0.05) is 87.1 Å². The summed E-state index contributed by atoms with van der Waals surface area (Å²) < 4.78 is 21.6. The highest BCUT2D eigenvalue weighted by atomic mass is 16.5. The lowest BCUT2D eigenvalue weighted by molar-refractivity contribution is -0.144. The first-order valence-electron chi connectivity index (χ1n) is 21.7. The van der Waals surface area contributed by atoms with Gasteiger partial charge in [-0.2, -0.15) is 0 Å². The van der Waals surface area contributed by atoms with Crippen LogP contribution in [-0.2, 0) is 28.5 Å². The number of phenolic OH excluding ortho intramolecular Hbond substituents is 2. The van der Waals surface area contributed by atoms with Gasteiger partial charge in [-0.25, -0.2) is 9.59 Å². The van der Waals surface area contributed by atoms with Crippen LogP contribution in [0.25, 0.3) is 22.3 Å². The highest BCUT2D eigenvalue weighted by Gasteiger charge is 2.10. The maximum absolute atomic E-state index is 12.3. The first kappa shape index (κ1) is 47.0. The standard InChI is InChI=1S/C50H62O10/c51-45-31-27-41(28-32-45)39-19-23-43(24-20-39)49(55)59-37-15-9-7-13-35-57-47(53)17-11-5-3-1-2-4-6-12-18-48(54)58-36-14-8-10-16-38-60-50(56)44-25-21-40(22-26-44)42-29-33-46(52)34-30-42/h19-34,51-52H,1-18,35-38H2. The predicted molar refractivity (Wildman–Crippen MR) is 233 cm³/mol. The lowest BCUT2D eigenvalue weighted by Crippen LogP contribution is -2.07. The third-order valence-corrected chi connectivity index (χ3v) is 10.2. The predicted octanol–water partition coefficient (Wildman–Crippen LogP) is 11.6. The summed E-state index contributed by atoms with van der Waals surface area (Å²) in [6, 6.07) is 28.2. The molecule has 0 spiro atoms. The van der Waals surface area contributed by atoms with Gasteiger partial charge >= 0.3 is 23.9 Å². The molecule has 0 bridgehead atoms. The summed E-state index contributed by atoms with van der Waals surface area (Å²) in [5.74, 6) is -0.554. The summed E-state index contributed by atoms with van der Waals surface area (Å²) in [4.78, 5) is 48.8. The van der Waals surface area contributed by atoms with Crippen LogP contribution in [0, 0.1) is 0 Å². The van der Waals surface area contributed by atoms with Crippen LogP contribution >= 0.6 is 0 Å². The van der Waals surface area contributed by atoms with Gasteiger partial charge in [-0.05, 0) is 135 Å². The Balaban J connectivity index is 0.849. The lowest BCUT2D eigenvalue weighted by atomic mass is 10.0. The first-order chi connectivity index (χ1) is 29.3. The fourth-order valence-corrected chi connectivity index (χ4v) is 6.63. The minimum atomic E-state index is -0.347. The number of esters is 4. The van der Waals surface area contributed by atoms with Crippen molar-refractivity contribution in [3.63, 3.8) is 0 Å². The largest absolute Gasteiger partial charge is 0.508 e. The van der Waals surface area contributed by atoms with Crippen molar-refractivity contribution in [1.82, 2.24) is 0 Å². The van der Waals surface area contributed by atoms with Crippen molar-refractivity contribution >= 4 is 23.9 Å². The van der Waals surface area contributed by atoms with Crippen molar-refractivity contribution in [1.29, 1.82) is 0 Å². The van der Waals surface area contributed by atoms with E-state index in [0.29, 0.717) is 50.4 Å². The number of aromatic hydroxyl groups is 2. The molecule has 10 heteroatoms. The van der Waals surface area contributed by atoms with Gasteiger partial charge in [0.05, 0.1) is 37.6 Å². The molecule has 0 unspecified atom stereocenters. The van der Waals surface area contributed by atoms with Crippen LogP contribution in [-0.4, -0.2) is 60.5 Å². The fraction of sp³-hybridized carbons (Fsp3) is 0.440. The average Bonchev–Trinajstić information content (AvgIpc) is 3.26. The maximum atomic E-state index is 12.3. The molecule has 4 rings (SSSR count). The van der Waals surface area contributed by atoms with Gasteiger partial charge in [0.15, 0.2) is 0 Å². The molecule has 60 heavy (non-hydrogen) atoms. The zero-order valence-electron chi connectivity index (χ0n) is 35.0. The van der Waals surface area contributed by atoms with E-state index in [0.717, 1.165) is 125 Å². The molecule has 4 aromatic rings. The van der Waals surface area contributed by atoms with E-state index in [4.69, 9.17) is 18.9 Å². The van der Waals surface area contributed by atoms with Crippen molar-refractivity contribution in [2.45, 2.75) is 116 Å². The van der Waals surface area contributed by atoms with Crippen LogP contribution in [0.4, 0.5) is 0 Å². The number of rotatable bonds is 29. The number of ether oxygens (including phenoxy) is 4. The van der Waals surface area contributed by atoms with Crippen LogP contribution in [0.3, 0.4) is 0 Å². The van der Waals surface area contributed by atoms with Crippen molar-refractivity contribution in [2.75, 3.05) is 26.4 Å². The van der Waals surface area contributed by atoms with Gasteiger partial charge in [0.1, 0.15) is 11.5 Å². The zero-order valence-corrected chi connectivity index (χ0v) is 35.0. The molecule has 0 saturated heterocycles. The molecule has 0 saturated carbocycles. The van der Waals surface area contributed by atoms with E-state index < -0.39 is 0 Å². The van der Waals surface area contributed by atoms with Crippen LogP contribution in [0.2, 0.25) is 0 Å². The molecule has 0 heterocycles. The number of unbranched alkanes of at least 4 members (excludes halogenated alkanes) is 13. The summed E-state index contributed by atoms with van der Waals surface area (Å²) >= 11 is 0. The topological polar surface area (TPSA) is 146 Å². The monoisotopic (exact) mass is 822 g/mol. The average molecular weight is 823 g/mol. The Labute approximate surface area is 355 Å². The zero-order chi connectivity index (χ0) is 42.6. The van der Waals surface area contributed by atoms with Crippen molar-refractivity contribution in [3.05, 3.63) is 108 Å². The molecule has 10 nitrogen and oxygen atoms in total. The van der Waals surface area contributed by atoms with Gasteiger partial charge < -0.3 is 29.2 Å². The molecule has 322 valence electrons. The molecule has 0 radical (unpaired) electrons. The Morgan fingerprint density at radius 2 is 0.567 bits per heavy atom. The third-order valence-electron chi connectivity index (χ3n) is 10.2. The Hall–Kier alpha value is -5.64. The second-order valence-corrected chi connectivity index (χ2v) is 15.1. The molecule has 2 N–H and O–H groups in total. The number of benzene rings is 4. The molecule has 0 aliphatic rings. The molecular weight excluding hydrogens is 761 g/mol. The van der Waals surface area contributed by atoms with E-state index in [1.807, 2.05) is 48.5 Å². The van der Waals surface area contributed by atoms with Crippen molar-refractivity contribution in [3.8, 4) is 33.8 Å². The van der Waals surface area contributed by atoms with Gasteiger partial charge in [-0.15, -0.1) is 0 Å². The van der Waals surface area contributed by atoms with E-state index in [2.05, 4.69) is 0 Å². The van der Waals surface area contributed by atoms with E-state index in [1.165, 1.54) is 0 Å². The Morgan fingerprint density at radius 1 is 0.317 bits per heavy atom. The summed E-state index contributed by atoms with van der Waals surface area (Å²) in [5, 5.41) is 18.9. The second kappa shape index (κ2) is 27.9. The molecular formula is C50H62O10. The number of hydrogen-bond acceptors (Lipinski definition) is 10. The van der Waals surface area contributed by atoms with Gasteiger partial charge in [0.2, 0.25) is 0 Å². The summed E-state index contributed by atoms with van der Waals surface area (Å²) in [5.41, 5.74) is 4.82. The molecule has 0 aromatic heterocycles. The van der Waals surface area contributed by atoms with Crippen LogP contribution in [0.5, 0.6) is 11.5 Å². The molecule has 0 amide bonds. The highest BCUT2D eigenvalue weighted by molar-refractivity contribution is 5.90. The van der Waals surface area contributed by atoms with Crippen LogP contribution in [0.15, 0.2) is 97.1 Å². The Kier molecular flexibility index (Phi) is 21.9. The Bertz CT molecular complexity index is 1700. The van der Waals surface area contributed by atoms with Gasteiger partial charge in [-0.3, -0.25) is 9.59 Å². The number of carbonyl (C=O) groups is 4.